The maximum atomic E-state index is 11.8. The van der Waals surface area contributed by atoms with E-state index in [4.69, 9.17) is 21.4 Å². The molecule has 0 fully saturated rings. The quantitative estimate of drug-likeness (QED) is 0.807. The second-order valence-electron chi connectivity index (χ2n) is 3.91. The highest BCUT2D eigenvalue weighted by atomic mass is 35.5. The van der Waals surface area contributed by atoms with Gasteiger partial charge in [0.05, 0.1) is 5.02 Å². The lowest BCUT2D eigenvalue weighted by Crippen LogP contribution is -2.10. The molecule has 0 spiro atoms. The van der Waals surface area contributed by atoms with Crippen LogP contribution in [0.25, 0.3) is 0 Å². The molecule has 0 aliphatic heterocycles. The van der Waals surface area contributed by atoms with Crippen LogP contribution in [0.2, 0.25) is 5.02 Å². The van der Waals surface area contributed by atoms with Gasteiger partial charge in [-0.1, -0.05) is 18.5 Å². The van der Waals surface area contributed by atoms with Crippen LogP contribution in [-0.2, 0) is 4.79 Å². The van der Waals surface area contributed by atoms with Crippen LogP contribution in [0.4, 0.5) is 0 Å². The maximum Gasteiger partial charge on any atom is 0.341 e. The molecule has 18 heavy (non-hydrogen) atoms. The molecule has 0 heterocycles. The number of ketones is 1. The third-order valence-electron chi connectivity index (χ3n) is 2.47. The van der Waals surface area contributed by atoms with Gasteiger partial charge in [-0.2, -0.15) is 0 Å². The first-order valence-corrected chi connectivity index (χ1v) is 6.02. The molecule has 0 radical (unpaired) electrons. The zero-order chi connectivity index (χ0) is 13.7. The molecule has 1 N–H and O–H groups in total. The van der Waals surface area contributed by atoms with E-state index in [1.807, 2.05) is 6.92 Å². The van der Waals surface area contributed by atoms with Gasteiger partial charge in [-0.15, -0.1) is 0 Å². The number of carboxylic acid groups (broad SMARTS) is 1. The molecule has 0 bridgehead atoms. The first kappa shape index (κ1) is 14.5. The summed E-state index contributed by atoms with van der Waals surface area (Å²) in [5.74, 6) is -0.692. The molecule has 1 rings (SSSR count). The molecule has 0 saturated heterocycles. The minimum Gasteiger partial charge on any atom is -0.482 e. The summed E-state index contributed by atoms with van der Waals surface area (Å²) >= 11 is 6.10. The predicted octanol–water partition coefficient (Wildman–Crippen LogP) is 3.09. The number of aliphatic carboxylic acids is 1. The SMILES string of the molecule is CCCC(=O)c1ccc(OCC(=O)O)c(C)c1Cl. The molecule has 4 nitrogen and oxygen atoms in total. The van der Waals surface area contributed by atoms with E-state index in [9.17, 15) is 9.59 Å². The molecule has 0 saturated carbocycles. The number of carboxylic acids is 1. The smallest absolute Gasteiger partial charge is 0.341 e. The molecule has 0 aromatic heterocycles. The average molecular weight is 271 g/mol. The normalized spacial score (nSPS) is 10.2. The number of hydrogen-bond donors (Lipinski definition) is 1. The number of ether oxygens (including phenoxy) is 1. The van der Waals surface area contributed by atoms with Gasteiger partial charge in [0.2, 0.25) is 0 Å². The molecule has 1 aromatic rings. The van der Waals surface area contributed by atoms with Gasteiger partial charge >= 0.3 is 5.97 Å². The molecule has 0 atom stereocenters. The second kappa shape index (κ2) is 6.40. The Morgan fingerprint density at radius 3 is 2.61 bits per heavy atom. The summed E-state index contributed by atoms with van der Waals surface area (Å²) in [5.41, 5.74) is 1.04. The zero-order valence-electron chi connectivity index (χ0n) is 10.3. The van der Waals surface area contributed by atoms with Crippen molar-refractivity contribution in [3.8, 4) is 5.75 Å². The Morgan fingerprint density at radius 2 is 2.06 bits per heavy atom. The van der Waals surface area contributed by atoms with Gasteiger partial charge in [0.15, 0.2) is 12.4 Å². The fourth-order valence-electron chi connectivity index (χ4n) is 1.54. The van der Waals surface area contributed by atoms with E-state index in [-0.39, 0.29) is 5.78 Å². The van der Waals surface area contributed by atoms with Gasteiger partial charge in [0.1, 0.15) is 5.75 Å². The number of benzene rings is 1. The third-order valence-corrected chi connectivity index (χ3v) is 2.95. The van der Waals surface area contributed by atoms with E-state index < -0.39 is 12.6 Å². The lowest BCUT2D eigenvalue weighted by molar-refractivity contribution is -0.139. The van der Waals surface area contributed by atoms with Crippen molar-refractivity contribution in [2.75, 3.05) is 6.61 Å². The third kappa shape index (κ3) is 3.47. The Kier molecular flexibility index (Phi) is 5.16. The largest absolute Gasteiger partial charge is 0.482 e. The van der Waals surface area contributed by atoms with Gasteiger partial charge in [0, 0.05) is 17.5 Å². The summed E-state index contributed by atoms with van der Waals surface area (Å²) in [7, 11) is 0. The van der Waals surface area contributed by atoms with E-state index in [1.54, 1.807) is 19.1 Å². The van der Waals surface area contributed by atoms with Crippen LogP contribution in [-0.4, -0.2) is 23.5 Å². The zero-order valence-corrected chi connectivity index (χ0v) is 11.1. The van der Waals surface area contributed by atoms with Crippen LogP contribution in [0.15, 0.2) is 12.1 Å². The number of Topliss-reactive ketones (excluding diaryl/α,β-unsaturated/α-hetero) is 1. The summed E-state index contributed by atoms with van der Waals surface area (Å²) in [6.45, 7) is 3.19. The first-order valence-electron chi connectivity index (χ1n) is 5.64. The number of carbonyl (C=O) groups is 2. The number of halogens is 1. The Labute approximate surface area is 111 Å². The summed E-state index contributed by atoms with van der Waals surface area (Å²) in [6.07, 6.45) is 1.19. The van der Waals surface area contributed by atoms with Crippen LogP contribution in [0.5, 0.6) is 5.75 Å². The Morgan fingerprint density at radius 1 is 1.39 bits per heavy atom. The highest BCUT2D eigenvalue weighted by Gasteiger charge is 2.14. The molecule has 0 amide bonds. The lowest BCUT2D eigenvalue weighted by Gasteiger charge is -2.11. The molecular formula is C13H15ClO4. The van der Waals surface area contributed by atoms with Crippen LogP contribution in [0.3, 0.4) is 0 Å². The van der Waals surface area contributed by atoms with Crippen molar-refractivity contribution in [1.82, 2.24) is 0 Å². The minimum atomic E-state index is -1.06. The van der Waals surface area contributed by atoms with Gasteiger partial charge in [-0.05, 0) is 25.5 Å². The molecule has 0 unspecified atom stereocenters. The van der Waals surface area contributed by atoms with Gasteiger partial charge in [0.25, 0.3) is 0 Å². The summed E-state index contributed by atoms with van der Waals surface area (Å²) in [6, 6.07) is 3.15. The monoisotopic (exact) mass is 270 g/mol. The molecule has 5 heteroatoms. The summed E-state index contributed by atoms with van der Waals surface area (Å²) in [5, 5.41) is 8.87. The number of rotatable bonds is 6. The molecule has 98 valence electrons. The maximum absolute atomic E-state index is 11.8. The lowest BCUT2D eigenvalue weighted by atomic mass is 10.0. The highest BCUT2D eigenvalue weighted by molar-refractivity contribution is 6.34. The van der Waals surface area contributed by atoms with Crippen molar-refractivity contribution in [1.29, 1.82) is 0 Å². The minimum absolute atomic E-state index is 0.0182. The average Bonchev–Trinajstić information content (AvgIpc) is 2.31. The molecule has 1 aromatic carbocycles. The van der Waals surface area contributed by atoms with Gasteiger partial charge < -0.3 is 9.84 Å². The fourth-order valence-corrected chi connectivity index (χ4v) is 1.80. The molecular weight excluding hydrogens is 256 g/mol. The Bertz CT molecular complexity index is 468. The van der Waals surface area contributed by atoms with E-state index in [1.165, 1.54) is 0 Å². The van der Waals surface area contributed by atoms with Gasteiger partial charge in [-0.3, -0.25) is 4.79 Å². The summed E-state index contributed by atoms with van der Waals surface area (Å²) in [4.78, 5) is 22.2. The first-order chi connectivity index (χ1) is 8.47. The second-order valence-corrected chi connectivity index (χ2v) is 4.28. The van der Waals surface area contributed by atoms with Crippen LogP contribution >= 0.6 is 11.6 Å². The molecule has 0 aliphatic rings. The fraction of sp³-hybridized carbons (Fsp3) is 0.385. The van der Waals surface area contributed by atoms with Crippen molar-refractivity contribution in [2.24, 2.45) is 0 Å². The molecule has 0 aliphatic carbocycles. The van der Waals surface area contributed by atoms with Crippen molar-refractivity contribution < 1.29 is 19.4 Å². The van der Waals surface area contributed by atoms with Gasteiger partial charge in [-0.25, -0.2) is 4.79 Å². The van der Waals surface area contributed by atoms with Crippen LogP contribution < -0.4 is 4.74 Å². The predicted molar refractivity (Wildman–Crippen MR) is 68.6 cm³/mol. The standard InChI is InChI=1S/C13H15ClO4/c1-3-4-10(15)9-5-6-11(8(2)13(9)14)18-7-12(16)17/h5-6H,3-4,7H2,1-2H3,(H,16,17). The Balaban J connectivity index is 2.97. The van der Waals surface area contributed by atoms with E-state index in [0.29, 0.717) is 28.3 Å². The van der Waals surface area contributed by atoms with Crippen molar-refractivity contribution >= 4 is 23.4 Å². The highest BCUT2D eigenvalue weighted by Crippen LogP contribution is 2.30. The van der Waals surface area contributed by atoms with Crippen molar-refractivity contribution in [2.45, 2.75) is 26.7 Å². The van der Waals surface area contributed by atoms with Crippen molar-refractivity contribution in [3.63, 3.8) is 0 Å². The van der Waals surface area contributed by atoms with E-state index in [2.05, 4.69) is 0 Å². The van der Waals surface area contributed by atoms with Crippen LogP contribution in [0.1, 0.15) is 35.7 Å². The van der Waals surface area contributed by atoms with Crippen molar-refractivity contribution in [3.05, 3.63) is 28.3 Å². The number of carbonyl (C=O) groups excluding carboxylic acids is 1. The Hall–Kier alpha value is -1.55. The van der Waals surface area contributed by atoms with Crippen LogP contribution in [0, 0.1) is 6.92 Å². The number of hydrogen-bond acceptors (Lipinski definition) is 3. The topological polar surface area (TPSA) is 63.6 Å². The van der Waals surface area contributed by atoms with E-state index >= 15 is 0 Å². The van der Waals surface area contributed by atoms with E-state index in [0.717, 1.165) is 6.42 Å². The summed E-state index contributed by atoms with van der Waals surface area (Å²) < 4.78 is 5.08.